The van der Waals surface area contributed by atoms with E-state index in [1.54, 1.807) is 30.6 Å². The number of pyridine rings is 1. The highest BCUT2D eigenvalue weighted by Gasteiger charge is 2.08. The van der Waals surface area contributed by atoms with Crippen LogP contribution in [0.3, 0.4) is 0 Å². The van der Waals surface area contributed by atoms with Crippen molar-refractivity contribution in [2.24, 2.45) is 0 Å². The predicted octanol–water partition coefficient (Wildman–Crippen LogP) is 4.07. The molecule has 0 aliphatic heterocycles. The van der Waals surface area contributed by atoms with Crippen molar-refractivity contribution in [3.63, 3.8) is 0 Å². The Labute approximate surface area is 127 Å². The first-order valence-corrected chi connectivity index (χ1v) is 6.97. The van der Waals surface area contributed by atoms with Crippen LogP contribution in [0, 0.1) is 0 Å². The van der Waals surface area contributed by atoms with E-state index < -0.39 is 0 Å². The van der Waals surface area contributed by atoms with Crippen molar-refractivity contribution < 1.29 is 4.79 Å². The molecule has 0 spiro atoms. The van der Waals surface area contributed by atoms with Gasteiger partial charge in [0.15, 0.2) is 0 Å². The van der Waals surface area contributed by atoms with E-state index in [9.17, 15) is 4.79 Å². The lowest BCUT2D eigenvalue weighted by molar-refractivity contribution is -0.115. The smallest absolute Gasteiger partial charge is 0.228 e. The number of nitrogens with one attached hydrogen (secondary N) is 1. The standard InChI is InChI=1S/C17H13ClN2O/c18-14-5-3-6-15(9-14)20-17(21)8-13-11-19-10-12-4-1-2-7-16(12)13/h1-7,9-11H,8H2,(H,20,21). The molecule has 0 aliphatic rings. The summed E-state index contributed by atoms with van der Waals surface area (Å²) in [5, 5.41) is 5.52. The maximum absolute atomic E-state index is 12.2. The third kappa shape index (κ3) is 3.20. The average Bonchev–Trinajstić information content (AvgIpc) is 2.47. The normalized spacial score (nSPS) is 10.5. The van der Waals surface area contributed by atoms with E-state index in [-0.39, 0.29) is 12.3 Å². The van der Waals surface area contributed by atoms with Gasteiger partial charge >= 0.3 is 0 Å². The summed E-state index contributed by atoms with van der Waals surface area (Å²) in [5.74, 6) is -0.0876. The van der Waals surface area contributed by atoms with Crippen LogP contribution in [0.2, 0.25) is 5.02 Å². The number of benzene rings is 2. The molecule has 4 heteroatoms. The quantitative estimate of drug-likeness (QED) is 0.791. The highest BCUT2D eigenvalue weighted by Crippen LogP contribution is 2.19. The second-order valence-electron chi connectivity index (χ2n) is 4.76. The summed E-state index contributed by atoms with van der Waals surface area (Å²) >= 11 is 5.91. The summed E-state index contributed by atoms with van der Waals surface area (Å²) < 4.78 is 0. The highest BCUT2D eigenvalue weighted by atomic mass is 35.5. The first-order chi connectivity index (χ1) is 10.2. The van der Waals surface area contributed by atoms with Gasteiger partial charge in [0, 0.05) is 28.5 Å². The van der Waals surface area contributed by atoms with Crippen LogP contribution in [0.15, 0.2) is 60.9 Å². The van der Waals surface area contributed by atoms with Crippen LogP contribution in [-0.4, -0.2) is 10.9 Å². The minimum Gasteiger partial charge on any atom is -0.326 e. The second-order valence-corrected chi connectivity index (χ2v) is 5.19. The third-order valence-corrected chi connectivity index (χ3v) is 3.45. The topological polar surface area (TPSA) is 42.0 Å². The van der Waals surface area contributed by atoms with Crippen molar-refractivity contribution in [1.82, 2.24) is 4.98 Å². The van der Waals surface area contributed by atoms with E-state index in [2.05, 4.69) is 10.3 Å². The molecule has 3 rings (SSSR count). The number of hydrogen-bond acceptors (Lipinski definition) is 2. The molecule has 0 fully saturated rings. The SMILES string of the molecule is O=C(Cc1cncc2ccccc12)Nc1cccc(Cl)c1. The Morgan fingerprint density at radius 2 is 1.95 bits per heavy atom. The zero-order valence-corrected chi connectivity index (χ0v) is 12.0. The van der Waals surface area contributed by atoms with Gasteiger partial charge in [0.2, 0.25) is 5.91 Å². The van der Waals surface area contributed by atoms with Crippen LogP contribution in [0.1, 0.15) is 5.56 Å². The van der Waals surface area contributed by atoms with Crippen molar-refractivity contribution in [2.45, 2.75) is 6.42 Å². The molecule has 21 heavy (non-hydrogen) atoms. The highest BCUT2D eigenvalue weighted by molar-refractivity contribution is 6.30. The van der Waals surface area contributed by atoms with Crippen LogP contribution < -0.4 is 5.32 Å². The minimum atomic E-state index is -0.0876. The number of carbonyl (C=O) groups is 1. The predicted molar refractivity (Wildman–Crippen MR) is 85.5 cm³/mol. The van der Waals surface area contributed by atoms with E-state index in [0.29, 0.717) is 10.7 Å². The molecule has 0 atom stereocenters. The van der Waals surface area contributed by atoms with Crippen LogP contribution in [0.4, 0.5) is 5.69 Å². The number of hydrogen-bond donors (Lipinski definition) is 1. The lowest BCUT2D eigenvalue weighted by Crippen LogP contribution is -2.14. The molecule has 1 aromatic heterocycles. The fourth-order valence-electron chi connectivity index (χ4n) is 2.26. The fraction of sp³-hybridized carbons (Fsp3) is 0.0588. The summed E-state index contributed by atoms with van der Waals surface area (Å²) in [7, 11) is 0. The summed E-state index contributed by atoms with van der Waals surface area (Å²) in [6, 6.07) is 15.0. The average molecular weight is 297 g/mol. The first kappa shape index (κ1) is 13.6. The van der Waals surface area contributed by atoms with Gasteiger partial charge in [-0.3, -0.25) is 9.78 Å². The number of rotatable bonds is 3. The van der Waals surface area contributed by atoms with E-state index >= 15 is 0 Å². The van der Waals surface area contributed by atoms with Crippen molar-refractivity contribution in [2.75, 3.05) is 5.32 Å². The number of amides is 1. The Morgan fingerprint density at radius 1 is 1.10 bits per heavy atom. The van der Waals surface area contributed by atoms with E-state index in [4.69, 9.17) is 11.6 Å². The van der Waals surface area contributed by atoms with Gasteiger partial charge in [0.25, 0.3) is 0 Å². The Balaban J connectivity index is 1.80. The van der Waals surface area contributed by atoms with E-state index in [1.807, 2.05) is 30.3 Å². The molecule has 0 radical (unpaired) electrons. The molecule has 3 nitrogen and oxygen atoms in total. The molecule has 2 aromatic carbocycles. The van der Waals surface area contributed by atoms with E-state index in [0.717, 1.165) is 16.3 Å². The lowest BCUT2D eigenvalue weighted by Gasteiger charge is -2.07. The van der Waals surface area contributed by atoms with Gasteiger partial charge in [-0.15, -0.1) is 0 Å². The maximum atomic E-state index is 12.2. The molecule has 0 aliphatic carbocycles. The number of carbonyl (C=O) groups excluding carboxylic acids is 1. The minimum absolute atomic E-state index is 0.0876. The van der Waals surface area contributed by atoms with Gasteiger partial charge in [-0.25, -0.2) is 0 Å². The number of fused-ring (bicyclic) bond motifs is 1. The van der Waals surface area contributed by atoms with Crippen molar-refractivity contribution >= 4 is 34.0 Å². The third-order valence-electron chi connectivity index (χ3n) is 3.21. The molecule has 0 unspecified atom stereocenters. The maximum Gasteiger partial charge on any atom is 0.228 e. The van der Waals surface area contributed by atoms with Gasteiger partial charge in [0.05, 0.1) is 6.42 Å². The van der Waals surface area contributed by atoms with Crippen LogP contribution in [-0.2, 0) is 11.2 Å². The molecule has 1 heterocycles. The van der Waals surface area contributed by atoms with Crippen LogP contribution in [0.25, 0.3) is 10.8 Å². The van der Waals surface area contributed by atoms with E-state index in [1.165, 1.54) is 0 Å². The molecule has 1 N–H and O–H groups in total. The summed E-state index contributed by atoms with van der Waals surface area (Å²) in [6.45, 7) is 0. The lowest BCUT2D eigenvalue weighted by atomic mass is 10.1. The van der Waals surface area contributed by atoms with Crippen molar-refractivity contribution in [3.05, 3.63) is 71.5 Å². The Kier molecular flexibility index (Phi) is 3.84. The number of aromatic nitrogens is 1. The van der Waals surface area contributed by atoms with Crippen LogP contribution in [0.5, 0.6) is 0 Å². The van der Waals surface area contributed by atoms with Gasteiger partial charge in [-0.05, 0) is 29.1 Å². The fourth-order valence-corrected chi connectivity index (χ4v) is 2.45. The summed E-state index contributed by atoms with van der Waals surface area (Å²) in [4.78, 5) is 16.3. The molecule has 0 saturated carbocycles. The van der Waals surface area contributed by atoms with Gasteiger partial charge in [0.1, 0.15) is 0 Å². The largest absolute Gasteiger partial charge is 0.326 e. The Hall–Kier alpha value is -2.39. The van der Waals surface area contributed by atoms with Crippen molar-refractivity contribution in [3.8, 4) is 0 Å². The van der Waals surface area contributed by atoms with Gasteiger partial charge in [-0.2, -0.15) is 0 Å². The molecule has 0 bridgehead atoms. The number of anilines is 1. The zero-order chi connectivity index (χ0) is 14.7. The van der Waals surface area contributed by atoms with Crippen LogP contribution >= 0.6 is 11.6 Å². The Bertz CT molecular complexity index is 796. The number of nitrogens with zero attached hydrogens (tertiary/aromatic N) is 1. The zero-order valence-electron chi connectivity index (χ0n) is 11.2. The van der Waals surface area contributed by atoms with Gasteiger partial charge < -0.3 is 5.32 Å². The second kappa shape index (κ2) is 5.94. The molecular weight excluding hydrogens is 284 g/mol. The molecule has 104 valence electrons. The monoisotopic (exact) mass is 296 g/mol. The van der Waals surface area contributed by atoms with Crippen molar-refractivity contribution in [1.29, 1.82) is 0 Å². The molecule has 1 amide bonds. The Morgan fingerprint density at radius 3 is 2.81 bits per heavy atom. The molecular formula is C17H13ClN2O. The van der Waals surface area contributed by atoms with Gasteiger partial charge in [-0.1, -0.05) is 41.9 Å². The number of halogens is 1. The molecule has 0 saturated heterocycles. The summed E-state index contributed by atoms with van der Waals surface area (Å²) in [6.07, 6.45) is 3.81. The summed E-state index contributed by atoms with van der Waals surface area (Å²) in [5.41, 5.74) is 1.60. The first-order valence-electron chi connectivity index (χ1n) is 6.59. The molecule has 3 aromatic rings.